The van der Waals surface area contributed by atoms with Gasteiger partial charge in [0.1, 0.15) is 12.4 Å². The molecular weight excluding hydrogens is 514 g/mol. The van der Waals surface area contributed by atoms with Crippen LogP contribution < -0.4 is 22.3 Å². The number of fused-ring (bicyclic) bond motifs is 1. The van der Waals surface area contributed by atoms with Crippen molar-refractivity contribution in [3.8, 4) is 5.69 Å². The zero-order valence-electron chi connectivity index (χ0n) is 19.5. The number of nitrogen functional groups attached to an aromatic ring is 1. The number of rotatable bonds is 5. The van der Waals surface area contributed by atoms with E-state index in [2.05, 4.69) is 20.3 Å². The second kappa shape index (κ2) is 11.2. The number of nitrogens with zero attached hydrogens (tertiary/aromatic N) is 4. The molecule has 0 fully saturated rings. The van der Waals surface area contributed by atoms with Crippen molar-refractivity contribution in [3.05, 3.63) is 111 Å². The highest BCUT2D eigenvalue weighted by Gasteiger charge is 2.18. The number of carbonyl (C=O) groups is 2. The molecule has 5 aromatic rings. The van der Waals surface area contributed by atoms with E-state index in [1.807, 2.05) is 0 Å². The van der Waals surface area contributed by atoms with Crippen molar-refractivity contribution in [2.24, 2.45) is 0 Å². The Hall–Kier alpha value is -5.23. The number of aromatic nitrogens is 5. The Morgan fingerprint density at radius 3 is 2.42 bits per heavy atom. The number of H-pyrrole nitrogens is 1. The molecule has 0 aliphatic carbocycles. The number of nitrogens with two attached hydrogens (primary N) is 1. The molecule has 5 rings (SSSR count). The van der Waals surface area contributed by atoms with Gasteiger partial charge in [0.15, 0.2) is 0 Å². The van der Waals surface area contributed by atoms with Gasteiger partial charge in [-0.1, -0.05) is 23.7 Å². The lowest BCUT2D eigenvalue weighted by atomic mass is 10.3. The number of pyridine rings is 1. The maximum atomic E-state index is 12.2. The topological polar surface area (TPSA) is 178 Å². The number of amides is 1. The number of para-hydroxylation sites is 2. The van der Waals surface area contributed by atoms with Gasteiger partial charge >= 0.3 is 11.7 Å². The first-order valence-electron chi connectivity index (χ1n) is 11.0. The molecule has 0 unspecified atom stereocenters. The van der Waals surface area contributed by atoms with Crippen LogP contribution in [0.25, 0.3) is 16.7 Å². The summed E-state index contributed by atoms with van der Waals surface area (Å²) in [6.45, 7) is -0.188. The van der Waals surface area contributed by atoms with Gasteiger partial charge in [-0.05, 0) is 48.5 Å². The highest BCUT2D eigenvalue weighted by atomic mass is 35.5. The lowest BCUT2D eigenvalue weighted by molar-refractivity contribution is -0.116. The molecule has 5 N–H and O–H groups in total. The molecule has 0 saturated carbocycles. The van der Waals surface area contributed by atoms with Gasteiger partial charge in [-0.2, -0.15) is 0 Å². The highest BCUT2D eigenvalue weighted by molar-refractivity contribution is 6.30. The quantitative estimate of drug-likeness (QED) is 0.249. The van der Waals surface area contributed by atoms with Crippen LogP contribution in [0, 0.1) is 0 Å². The summed E-state index contributed by atoms with van der Waals surface area (Å²) in [6.07, 6.45) is 2.83. The number of anilines is 2. The molecule has 0 saturated heterocycles. The van der Waals surface area contributed by atoms with E-state index in [-0.39, 0.29) is 12.4 Å². The van der Waals surface area contributed by atoms with Crippen LogP contribution in [0.4, 0.5) is 11.5 Å². The molecule has 3 heterocycles. The summed E-state index contributed by atoms with van der Waals surface area (Å²) in [5.41, 5.74) is 7.01. The first kappa shape index (κ1) is 25.9. The van der Waals surface area contributed by atoms with E-state index in [0.717, 1.165) is 0 Å². The third-order valence-electron chi connectivity index (χ3n) is 5.14. The number of nitrogens with one attached hydrogen (secondary N) is 2. The number of halogens is 1. The smallest absolute Gasteiger partial charge is 0.372 e. The third kappa shape index (κ3) is 6.12. The summed E-state index contributed by atoms with van der Waals surface area (Å²) >= 11 is 5.73. The molecule has 3 aromatic heterocycles. The maximum Gasteiger partial charge on any atom is 0.372 e. The second-order valence-electron chi connectivity index (χ2n) is 7.80. The van der Waals surface area contributed by atoms with Crippen molar-refractivity contribution < 1.29 is 14.7 Å². The predicted octanol–water partition coefficient (Wildman–Crippen LogP) is 2.53. The number of carbonyl (C=O) groups excluding carboxylic acids is 1. The molecule has 0 aliphatic heterocycles. The maximum absolute atomic E-state index is 12.2. The summed E-state index contributed by atoms with van der Waals surface area (Å²) in [5.74, 6) is -1.46. The van der Waals surface area contributed by atoms with Crippen LogP contribution >= 0.6 is 11.6 Å². The van der Waals surface area contributed by atoms with Gasteiger partial charge in [-0.25, -0.2) is 19.6 Å². The van der Waals surface area contributed by atoms with Gasteiger partial charge in [0.05, 0.1) is 21.7 Å². The first-order valence-corrected chi connectivity index (χ1v) is 11.4. The van der Waals surface area contributed by atoms with Crippen LogP contribution in [-0.4, -0.2) is 41.1 Å². The molecule has 192 valence electrons. The molecule has 0 spiro atoms. The van der Waals surface area contributed by atoms with Gasteiger partial charge in [0, 0.05) is 24.1 Å². The standard InChI is InChI=1S/C15H11ClN4O3.C10H9N3O2/c16-9-5-6-12(17-7-9)19-13(21)8-20-11-4-2-1-3-10(11)18-14(20)15(22)23;11-7-1-3-8(4-2-7)13-6-5-9(14)12-10(13)15/h1-7H,8H2,(H,22,23)(H,17,19,21);1-6H,11H2,(H,12,14,15). The van der Waals surface area contributed by atoms with E-state index in [1.165, 1.54) is 27.6 Å². The minimum Gasteiger partial charge on any atom is -0.475 e. The Labute approximate surface area is 219 Å². The Morgan fingerprint density at radius 1 is 1.03 bits per heavy atom. The van der Waals surface area contributed by atoms with E-state index in [1.54, 1.807) is 60.7 Å². The van der Waals surface area contributed by atoms with Crippen LogP contribution in [-0.2, 0) is 11.3 Å². The SMILES string of the molecule is Nc1ccc(-n2ccc(=O)[nH]c2=O)cc1.O=C(Cn1c(C(=O)O)nc2ccccc21)Nc1ccc(Cl)cn1. The molecule has 0 aliphatic rings. The Bertz CT molecular complexity index is 1720. The summed E-state index contributed by atoms with van der Waals surface area (Å²) in [4.78, 5) is 55.9. The molecule has 0 radical (unpaired) electrons. The van der Waals surface area contributed by atoms with Crippen LogP contribution in [0.3, 0.4) is 0 Å². The van der Waals surface area contributed by atoms with Gasteiger partial charge < -0.3 is 20.7 Å². The number of carboxylic acid groups (broad SMARTS) is 1. The number of imidazole rings is 1. The van der Waals surface area contributed by atoms with E-state index in [0.29, 0.717) is 33.2 Å². The van der Waals surface area contributed by atoms with Gasteiger partial charge in [-0.3, -0.25) is 19.1 Å². The number of carboxylic acids is 1. The molecule has 13 heteroatoms. The molecule has 0 atom stereocenters. The Morgan fingerprint density at radius 2 is 1.76 bits per heavy atom. The first-order chi connectivity index (χ1) is 18.2. The summed E-state index contributed by atoms with van der Waals surface area (Å²) < 4.78 is 2.68. The van der Waals surface area contributed by atoms with Crippen molar-refractivity contribution in [3.63, 3.8) is 0 Å². The van der Waals surface area contributed by atoms with Crippen LogP contribution in [0.5, 0.6) is 0 Å². The third-order valence-corrected chi connectivity index (χ3v) is 5.36. The van der Waals surface area contributed by atoms with E-state index in [4.69, 9.17) is 17.3 Å². The fraction of sp³-hybridized carbons (Fsp3) is 0.0400. The number of hydrogen-bond donors (Lipinski definition) is 4. The van der Waals surface area contributed by atoms with Crippen LogP contribution in [0.15, 0.2) is 88.7 Å². The van der Waals surface area contributed by atoms with Crippen molar-refractivity contribution in [1.82, 2.24) is 24.1 Å². The summed E-state index contributed by atoms with van der Waals surface area (Å²) in [7, 11) is 0. The van der Waals surface area contributed by atoms with Crippen molar-refractivity contribution >= 4 is 46.0 Å². The fourth-order valence-electron chi connectivity index (χ4n) is 3.43. The van der Waals surface area contributed by atoms with Crippen LogP contribution in [0.1, 0.15) is 10.6 Å². The normalized spacial score (nSPS) is 10.4. The van der Waals surface area contributed by atoms with E-state index in [9.17, 15) is 24.3 Å². The minimum atomic E-state index is -1.20. The predicted molar refractivity (Wildman–Crippen MR) is 142 cm³/mol. The minimum absolute atomic E-state index is 0.188. The van der Waals surface area contributed by atoms with Crippen molar-refractivity contribution in [1.29, 1.82) is 0 Å². The van der Waals surface area contributed by atoms with Gasteiger partial charge in [0.2, 0.25) is 11.7 Å². The van der Waals surface area contributed by atoms with Crippen molar-refractivity contribution in [2.75, 3.05) is 11.1 Å². The second-order valence-corrected chi connectivity index (χ2v) is 8.23. The number of benzene rings is 2. The molecule has 12 nitrogen and oxygen atoms in total. The number of hydrogen-bond acceptors (Lipinski definition) is 7. The largest absolute Gasteiger partial charge is 0.475 e. The molecule has 38 heavy (non-hydrogen) atoms. The summed E-state index contributed by atoms with van der Waals surface area (Å²) in [6, 6.07) is 18.1. The zero-order chi connectivity index (χ0) is 27.2. The van der Waals surface area contributed by atoms with E-state index >= 15 is 0 Å². The molecular formula is C25H20ClN7O5. The molecule has 1 amide bonds. The van der Waals surface area contributed by atoms with E-state index < -0.39 is 23.1 Å². The molecule has 2 aromatic carbocycles. The number of aromatic carboxylic acids is 1. The highest BCUT2D eigenvalue weighted by Crippen LogP contribution is 2.17. The van der Waals surface area contributed by atoms with Crippen LogP contribution in [0.2, 0.25) is 5.02 Å². The van der Waals surface area contributed by atoms with Gasteiger partial charge in [0.25, 0.3) is 5.56 Å². The average Bonchev–Trinajstić information content (AvgIpc) is 3.25. The van der Waals surface area contributed by atoms with Crippen molar-refractivity contribution in [2.45, 2.75) is 6.54 Å². The molecule has 0 bridgehead atoms. The number of aromatic amines is 1. The Balaban J connectivity index is 0.000000194. The lowest BCUT2D eigenvalue weighted by Crippen LogP contribution is -2.27. The Kier molecular flexibility index (Phi) is 7.63. The zero-order valence-corrected chi connectivity index (χ0v) is 20.3. The fourth-order valence-corrected chi connectivity index (χ4v) is 3.54. The summed E-state index contributed by atoms with van der Waals surface area (Å²) in [5, 5.41) is 12.3. The average molecular weight is 534 g/mol. The van der Waals surface area contributed by atoms with Gasteiger partial charge in [-0.15, -0.1) is 0 Å². The lowest BCUT2D eigenvalue weighted by Gasteiger charge is -2.08. The monoisotopic (exact) mass is 533 g/mol.